The molecule has 0 aliphatic heterocycles. The number of pyridine rings is 1. The minimum atomic E-state index is -3.77. The van der Waals surface area contributed by atoms with Gasteiger partial charge in [-0.25, -0.2) is 17.5 Å². The first-order valence-corrected chi connectivity index (χ1v) is 8.61. The van der Waals surface area contributed by atoms with E-state index < -0.39 is 15.8 Å². The van der Waals surface area contributed by atoms with E-state index >= 15 is 0 Å². The van der Waals surface area contributed by atoms with Crippen molar-refractivity contribution >= 4 is 10.0 Å². The van der Waals surface area contributed by atoms with Crippen molar-refractivity contribution in [3.05, 3.63) is 66.4 Å². The van der Waals surface area contributed by atoms with Gasteiger partial charge >= 0.3 is 0 Å². The predicted octanol–water partition coefficient (Wildman–Crippen LogP) is 2.10. The van der Waals surface area contributed by atoms with E-state index in [2.05, 4.69) is 14.8 Å². The van der Waals surface area contributed by atoms with Gasteiger partial charge in [0.05, 0.1) is 16.8 Å². The second-order valence-corrected chi connectivity index (χ2v) is 7.00. The van der Waals surface area contributed by atoms with Crippen molar-refractivity contribution in [1.82, 2.24) is 19.5 Å². The first-order chi connectivity index (χ1) is 11.4. The Labute approximate surface area is 139 Å². The molecule has 0 amide bonds. The number of aryl methyl sites for hydroxylation is 1. The van der Waals surface area contributed by atoms with Gasteiger partial charge in [0.2, 0.25) is 10.0 Å². The molecule has 0 spiro atoms. The first-order valence-electron chi connectivity index (χ1n) is 7.13. The molecule has 124 valence electrons. The predicted molar refractivity (Wildman–Crippen MR) is 86.9 cm³/mol. The lowest BCUT2D eigenvalue weighted by Gasteiger charge is -2.07. The Balaban J connectivity index is 1.70. The lowest BCUT2D eigenvalue weighted by Crippen LogP contribution is -2.23. The third kappa shape index (κ3) is 3.66. The number of hydrogen-bond donors (Lipinski definition) is 1. The van der Waals surface area contributed by atoms with Gasteiger partial charge in [-0.2, -0.15) is 5.10 Å². The Kier molecular flexibility index (Phi) is 4.41. The molecule has 24 heavy (non-hydrogen) atoms. The van der Waals surface area contributed by atoms with Crippen molar-refractivity contribution in [2.75, 3.05) is 0 Å². The quantitative estimate of drug-likeness (QED) is 0.767. The Bertz CT molecular complexity index is 952. The molecular weight excluding hydrogens is 331 g/mol. The fourth-order valence-corrected chi connectivity index (χ4v) is 3.20. The van der Waals surface area contributed by atoms with Crippen molar-refractivity contribution in [3.63, 3.8) is 0 Å². The first kappa shape index (κ1) is 16.3. The van der Waals surface area contributed by atoms with Crippen LogP contribution in [-0.2, 0) is 23.6 Å². The minimum Gasteiger partial charge on any atom is -0.275 e. The molecule has 3 aromatic rings. The lowest BCUT2D eigenvalue weighted by atomic mass is 10.2. The third-order valence-corrected chi connectivity index (χ3v) is 4.80. The second kappa shape index (κ2) is 6.50. The van der Waals surface area contributed by atoms with Gasteiger partial charge in [-0.1, -0.05) is 12.1 Å². The number of halogens is 1. The molecule has 2 aromatic heterocycles. The second-order valence-electron chi connectivity index (χ2n) is 5.24. The minimum absolute atomic E-state index is 0.0686. The maximum atomic E-state index is 13.2. The Morgan fingerprint density at radius 2 is 2.04 bits per heavy atom. The van der Waals surface area contributed by atoms with Crippen LogP contribution in [0.25, 0.3) is 11.3 Å². The average molecular weight is 346 g/mol. The van der Waals surface area contributed by atoms with E-state index in [-0.39, 0.29) is 11.4 Å². The standard InChI is InChI=1S/C16H15FN4O2S/c1-21-11-13(10-19-21)16-6-5-12(8-18-16)9-20-24(22,23)15-4-2-3-14(17)7-15/h2-8,10-11,20H,9H2,1H3. The van der Waals surface area contributed by atoms with E-state index in [4.69, 9.17) is 0 Å². The van der Waals surface area contributed by atoms with Crippen LogP contribution in [-0.4, -0.2) is 23.2 Å². The molecule has 0 aliphatic rings. The van der Waals surface area contributed by atoms with Crippen LogP contribution in [0.1, 0.15) is 5.56 Å². The molecule has 6 nitrogen and oxygen atoms in total. The Morgan fingerprint density at radius 3 is 2.67 bits per heavy atom. The van der Waals surface area contributed by atoms with Crippen LogP contribution >= 0.6 is 0 Å². The summed E-state index contributed by atoms with van der Waals surface area (Å²) in [6.45, 7) is 0.0686. The number of aromatic nitrogens is 3. The number of rotatable bonds is 5. The molecule has 8 heteroatoms. The molecular formula is C16H15FN4O2S. The lowest BCUT2D eigenvalue weighted by molar-refractivity contribution is 0.577. The smallest absolute Gasteiger partial charge is 0.240 e. The highest BCUT2D eigenvalue weighted by molar-refractivity contribution is 7.89. The van der Waals surface area contributed by atoms with Crippen LogP contribution < -0.4 is 4.72 Å². The summed E-state index contributed by atoms with van der Waals surface area (Å²) in [4.78, 5) is 4.19. The van der Waals surface area contributed by atoms with Crippen molar-refractivity contribution < 1.29 is 12.8 Å². The van der Waals surface area contributed by atoms with E-state index in [9.17, 15) is 12.8 Å². The van der Waals surface area contributed by atoms with Crippen LogP contribution in [0, 0.1) is 5.82 Å². The average Bonchev–Trinajstić information content (AvgIpc) is 3.00. The van der Waals surface area contributed by atoms with Crippen molar-refractivity contribution in [2.24, 2.45) is 7.05 Å². The monoisotopic (exact) mass is 346 g/mol. The van der Waals surface area contributed by atoms with Crippen LogP contribution in [0.3, 0.4) is 0 Å². The van der Waals surface area contributed by atoms with Crippen LogP contribution in [0.5, 0.6) is 0 Å². The van der Waals surface area contributed by atoms with Gasteiger partial charge in [-0.05, 0) is 29.8 Å². The van der Waals surface area contributed by atoms with Crippen LogP contribution in [0.15, 0.2) is 59.9 Å². The number of sulfonamides is 1. The normalized spacial score (nSPS) is 11.6. The molecule has 0 bridgehead atoms. The molecule has 0 saturated heterocycles. The van der Waals surface area contributed by atoms with Crippen molar-refractivity contribution in [2.45, 2.75) is 11.4 Å². The van der Waals surface area contributed by atoms with Crippen molar-refractivity contribution in [1.29, 1.82) is 0 Å². The molecule has 0 radical (unpaired) electrons. The fraction of sp³-hybridized carbons (Fsp3) is 0.125. The van der Waals surface area contributed by atoms with E-state index in [1.54, 1.807) is 29.2 Å². The highest BCUT2D eigenvalue weighted by Crippen LogP contribution is 2.16. The highest BCUT2D eigenvalue weighted by atomic mass is 32.2. The van der Waals surface area contributed by atoms with Crippen LogP contribution in [0.4, 0.5) is 4.39 Å². The summed E-state index contributed by atoms with van der Waals surface area (Å²) in [6.07, 6.45) is 5.14. The molecule has 2 heterocycles. The zero-order chi connectivity index (χ0) is 17.2. The van der Waals surface area contributed by atoms with E-state index in [0.29, 0.717) is 5.56 Å². The summed E-state index contributed by atoms with van der Waals surface area (Å²) in [5, 5.41) is 4.08. The summed E-state index contributed by atoms with van der Waals surface area (Å²) in [5.41, 5.74) is 2.33. The molecule has 0 saturated carbocycles. The molecule has 0 atom stereocenters. The number of nitrogens with one attached hydrogen (secondary N) is 1. The van der Waals surface area contributed by atoms with Gasteiger partial charge in [0.25, 0.3) is 0 Å². The number of hydrogen-bond acceptors (Lipinski definition) is 4. The van der Waals surface area contributed by atoms with Gasteiger partial charge in [0.1, 0.15) is 5.82 Å². The van der Waals surface area contributed by atoms with Crippen molar-refractivity contribution in [3.8, 4) is 11.3 Å². The zero-order valence-electron chi connectivity index (χ0n) is 12.8. The Hall–Kier alpha value is -2.58. The third-order valence-electron chi connectivity index (χ3n) is 3.40. The summed E-state index contributed by atoms with van der Waals surface area (Å²) >= 11 is 0. The summed E-state index contributed by atoms with van der Waals surface area (Å²) in [7, 11) is -1.95. The molecule has 0 fully saturated rings. The fourth-order valence-electron chi connectivity index (χ4n) is 2.15. The highest BCUT2D eigenvalue weighted by Gasteiger charge is 2.14. The largest absolute Gasteiger partial charge is 0.275 e. The number of nitrogens with zero attached hydrogens (tertiary/aromatic N) is 3. The van der Waals surface area contributed by atoms with Crippen LogP contribution in [0.2, 0.25) is 0 Å². The molecule has 1 N–H and O–H groups in total. The molecule has 0 aliphatic carbocycles. The van der Waals surface area contributed by atoms with E-state index in [1.165, 1.54) is 18.2 Å². The summed E-state index contributed by atoms with van der Waals surface area (Å²) in [6, 6.07) is 8.45. The molecule has 0 unspecified atom stereocenters. The van der Waals surface area contributed by atoms with Gasteiger partial charge < -0.3 is 0 Å². The Morgan fingerprint density at radius 1 is 1.21 bits per heavy atom. The topological polar surface area (TPSA) is 76.9 Å². The zero-order valence-corrected chi connectivity index (χ0v) is 13.7. The summed E-state index contributed by atoms with van der Waals surface area (Å²) in [5.74, 6) is -0.597. The van der Waals surface area contributed by atoms with E-state index in [0.717, 1.165) is 17.3 Å². The van der Waals surface area contributed by atoms with Gasteiger partial charge in [0.15, 0.2) is 0 Å². The van der Waals surface area contributed by atoms with Gasteiger partial charge in [-0.15, -0.1) is 0 Å². The maximum Gasteiger partial charge on any atom is 0.240 e. The summed E-state index contributed by atoms with van der Waals surface area (Å²) < 4.78 is 41.5. The molecule has 1 aromatic carbocycles. The SMILES string of the molecule is Cn1cc(-c2ccc(CNS(=O)(=O)c3cccc(F)c3)cn2)cn1. The number of benzene rings is 1. The molecule has 3 rings (SSSR count). The van der Waals surface area contributed by atoms with E-state index in [1.807, 2.05) is 13.2 Å². The maximum absolute atomic E-state index is 13.2. The van der Waals surface area contributed by atoms with Gasteiger partial charge in [0, 0.05) is 31.5 Å². The van der Waals surface area contributed by atoms with Gasteiger partial charge in [-0.3, -0.25) is 9.67 Å².